The van der Waals surface area contributed by atoms with Crippen molar-refractivity contribution in [1.82, 2.24) is 5.32 Å². The van der Waals surface area contributed by atoms with Crippen LogP contribution in [0.25, 0.3) is 0 Å². The van der Waals surface area contributed by atoms with Crippen molar-refractivity contribution in [3.8, 4) is 0 Å². The fourth-order valence-corrected chi connectivity index (χ4v) is 3.92. The summed E-state index contributed by atoms with van der Waals surface area (Å²) in [5.41, 5.74) is 1.03. The maximum atomic E-state index is 11.0. The van der Waals surface area contributed by atoms with Crippen LogP contribution in [0.3, 0.4) is 0 Å². The van der Waals surface area contributed by atoms with Crippen LogP contribution >= 0.6 is 34.5 Å². The van der Waals surface area contributed by atoms with Gasteiger partial charge in [0.05, 0.1) is 8.67 Å². The Labute approximate surface area is 119 Å². The van der Waals surface area contributed by atoms with Crippen LogP contribution in [0, 0.1) is 0 Å². The Balaban J connectivity index is 2.51. The summed E-state index contributed by atoms with van der Waals surface area (Å²) in [5, 5.41) is 3.43. The molecule has 0 aromatic carbocycles. The van der Waals surface area contributed by atoms with E-state index in [1.807, 2.05) is 6.07 Å². The topological polar surface area (TPSA) is 29.1 Å². The van der Waals surface area contributed by atoms with Gasteiger partial charge in [0, 0.05) is 34.9 Å². The minimum atomic E-state index is -0.731. The van der Waals surface area contributed by atoms with Gasteiger partial charge in [0.2, 0.25) is 0 Å². The predicted octanol–water partition coefficient (Wildman–Crippen LogP) is 3.86. The number of rotatable bonds is 6. The van der Waals surface area contributed by atoms with E-state index in [0.717, 1.165) is 22.1 Å². The van der Waals surface area contributed by atoms with Gasteiger partial charge in [0.15, 0.2) is 0 Å². The van der Waals surface area contributed by atoms with Crippen LogP contribution in [0.15, 0.2) is 6.07 Å². The van der Waals surface area contributed by atoms with E-state index in [1.165, 1.54) is 11.3 Å². The summed E-state index contributed by atoms with van der Waals surface area (Å²) in [6.45, 7) is 4.15. The first-order chi connectivity index (χ1) is 7.90. The molecule has 6 heteroatoms. The Kier molecular flexibility index (Phi) is 6.45. The molecule has 0 radical (unpaired) electrons. The van der Waals surface area contributed by atoms with Gasteiger partial charge in [-0.25, -0.2) is 0 Å². The molecule has 0 amide bonds. The average molecular weight is 314 g/mol. The molecule has 98 valence electrons. The Morgan fingerprint density at radius 2 is 2.12 bits per heavy atom. The normalized spacial score (nSPS) is 16.8. The molecule has 1 heterocycles. The second kappa shape index (κ2) is 7.10. The molecule has 17 heavy (non-hydrogen) atoms. The van der Waals surface area contributed by atoms with Crippen molar-refractivity contribution in [3.05, 3.63) is 20.3 Å². The lowest BCUT2D eigenvalue weighted by atomic mass is 10.1. The number of hydrogen-bond acceptors (Lipinski definition) is 3. The molecular formula is C11H17Cl2NOS2. The molecule has 0 aliphatic heterocycles. The lowest BCUT2D eigenvalue weighted by Gasteiger charge is -2.19. The Morgan fingerprint density at radius 3 is 2.59 bits per heavy atom. The van der Waals surface area contributed by atoms with Crippen molar-refractivity contribution in [3.63, 3.8) is 0 Å². The van der Waals surface area contributed by atoms with Gasteiger partial charge in [-0.3, -0.25) is 4.21 Å². The average Bonchev–Trinajstić information content (AvgIpc) is 2.55. The van der Waals surface area contributed by atoms with Gasteiger partial charge < -0.3 is 5.32 Å². The van der Waals surface area contributed by atoms with Gasteiger partial charge >= 0.3 is 0 Å². The summed E-state index contributed by atoms with van der Waals surface area (Å²) < 4.78 is 12.5. The predicted molar refractivity (Wildman–Crippen MR) is 78.9 cm³/mol. The fourth-order valence-electron chi connectivity index (χ4n) is 1.59. The van der Waals surface area contributed by atoms with Crippen molar-refractivity contribution in [2.45, 2.75) is 32.4 Å². The summed E-state index contributed by atoms with van der Waals surface area (Å²) in [5.74, 6) is 0.721. The molecule has 0 aliphatic rings. The first-order valence-electron chi connectivity index (χ1n) is 5.41. The highest BCUT2D eigenvalue weighted by Gasteiger charge is 2.15. The van der Waals surface area contributed by atoms with Crippen LogP contribution in [0.4, 0.5) is 0 Å². The Bertz CT molecular complexity index is 395. The van der Waals surface area contributed by atoms with Gasteiger partial charge in [-0.05, 0) is 31.9 Å². The molecule has 0 saturated carbocycles. The Hall–Kier alpha value is 0.390. The van der Waals surface area contributed by atoms with E-state index in [4.69, 9.17) is 23.2 Å². The summed E-state index contributed by atoms with van der Waals surface area (Å²) in [6.07, 6.45) is 2.62. The summed E-state index contributed by atoms with van der Waals surface area (Å²) >= 11 is 13.4. The van der Waals surface area contributed by atoms with Crippen molar-refractivity contribution < 1.29 is 4.21 Å². The minimum Gasteiger partial charge on any atom is -0.308 e. The highest BCUT2D eigenvalue weighted by molar-refractivity contribution is 7.84. The molecule has 0 aliphatic carbocycles. The van der Waals surface area contributed by atoms with E-state index in [0.29, 0.717) is 10.4 Å². The maximum absolute atomic E-state index is 11.0. The maximum Gasteiger partial charge on any atom is 0.0991 e. The summed E-state index contributed by atoms with van der Waals surface area (Å²) in [4.78, 5) is 0. The van der Waals surface area contributed by atoms with Crippen molar-refractivity contribution in [2.24, 2.45) is 0 Å². The molecule has 3 atom stereocenters. The van der Waals surface area contributed by atoms with Crippen LogP contribution < -0.4 is 5.32 Å². The van der Waals surface area contributed by atoms with Crippen LogP contribution in [-0.4, -0.2) is 22.3 Å². The number of nitrogens with one attached hydrogen (secondary N) is 1. The molecular weight excluding hydrogens is 297 g/mol. The van der Waals surface area contributed by atoms with Crippen molar-refractivity contribution in [2.75, 3.05) is 12.0 Å². The summed E-state index contributed by atoms with van der Waals surface area (Å²) in [6, 6.07) is 2.37. The third-order valence-corrected chi connectivity index (χ3v) is 4.85. The lowest BCUT2D eigenvalue weighted by molar-refractivity contribution is 0.471. The largest absolute Gasteiger partial charge is 0.308 e. The molecule has 0 fully saturated rings. The summed E-state index contributed by atoms with van der Waals surface area (Å²) in [7, 11) is -0.731. The molecule has 3 unspecified atom stereocenters. The van der Waals surface area contributed by atoms with Gasteiger partial charge in [-0.1, -0.05) is 23.2 Å². The van der Waals surface area contributed by atoms with Crippen LogP contribution in [-0.2, 0) is 10.8 Å². The van der Waals surface area contributed by atoms with Gasteiger partial charge in [-0.2, -0.15) is 0 Å². The molecule has 1 rings (SSSR count). The zero-order valence-corrected chi connectivity index (χ0v) is 13.3. The minimum absolute atomic E-state index is 0.159. The third kappa shape index (κ3) is 5.26. The third-order valence-electron chi connectivity index (χ3n) is 2.52. The highest BCUT2D eigenvalue weighted by atomic mass is 35.5. The molecule has 1 aromatic heterocycles. The molecule has 2 nitrogen and oxygen atoms in total. The number of halogens is 2. The van der Waals surface area contributed by atoms with E-state index < -0.39 is 10.8 Å². The molecule has 0 saturated heterocycles. The molecule has 0 bridgehead atoms. The van der Waals surface area contributed by atoms with Gasteiger partial charge in [0.25, 0.3) is 0 Å². The SMILES string of the molecule is CC(CCS(C)=O)NC(C)c1cc(Cl)sc1Cl. The van der Waals surface area contributed by atoms with E-state index in [-0.39, 0.29) is 6.04 Å². The van der Waals surface area contributed by atoms with E-state index >= 15 is 0 Å². The zero-order chi connectivity index (χ0) is 13.0. The Morgan fingerprint density at radius 1 is 1.47 bits per heavy atom. The molecule has 0 spiro atoms. The lowest BCUT2D eigenvalue weighted by Crippen LogP contribution is -2.30. The first kappa shape index (κ1) is 15.4. The fraction of sp³-hybridized carbons (Fsp3) is 0.636. The standard InChI is InChI=1S/C11H17Cl2NOS2/c1-7(4-5-17(3)15)14-8(2)9-6-10(12)16-11(9)13/h6-8,14H,4-5H2,1-3H3. The second-order valence-electron chi connectivity index (χ2n) is 4.13. The van der Waals surface area contributed by atoms with E-state index in [2.05, 4.69) is 19.2 Å². The van der Waals surface area contributed by atoms with Crippen LogP contribution in [0.5, 0.6) is 0 Å². The molecule has 1 N–H and O–H groups in total. The first-order valence-corrected chi connectivity index (χ1v) is 8.71. The number of hydrogen-bond donors (Lipinski definition) is 1. The van der Waals surface area contributed by atoms with E-state index in [9.17, 15) is 4.21 Å². The second-order valence-corrected chi connectivity index (χ2v) is 7.98. The monoisotopic (exact) mass is 313 g/mol. The zero-order valence-electron chi connectivity index (χ0n) is 10.1. The van der Waals surface area contributed by atoms with Crippen molar-refractivity contribution >= 4 is 45.3 Å². The molecule has 1 aromatic rings. The van der Waals surface area contributed by atoms with Crippen LogP contribution in [0.2, 0.25) is 8.67 Å². The van der Waals surface area contributed by atoms with Crippen LogP contribution in [0.1, 0.15) is 31.9 Å². The van der Waals surface area contributed by atoms with Gasteiger partial charge in [0.1, 0.15) is 0 Å². The van der Waals surface area contributed by atoms with Gasteiger partial charge in [-0.15, -0.1) is 11.3 Å². The van der Waals surface area contributed by atoms with E-state index in [1.54, 1.807) is 6.26 Å². The quantitative estimate of drug-likeness (QED) is 0.864. The smallest absolute Gasteiger partial charge is 0.0991 e. The number of thiophene rings is 1. The van der Waals surface area contributed by atoms with Crippen molar-refractivity contribution in [1.29, 1.82) is 0 Å². The highest BCUT2D eigenvalue weighted by Crippen LogP contribution is 2.34.